The topological polar surface area (TPSA) is 84.7 Å². The number of sulfonamides is 1. The van der Waals surface area contributed by atoms with Crippen LogP contribution in [0.5, 0.6) is 5.88 Å². The molecule has 1 amide bonds. The molecule has 1 aromatic rings. The van der Waals surface area contributed by atoms with Crippen LogP contribution in [-0.2, 0) is 16.6 Å². The van der Waals surface area contributed by atoms with Crippen molar-refractivity contribution in [2.75, 3.05) is 39.0 Å². The van der Waals surface area contributed by atoms with Crippen molar-refractivity contribution in [2.45, 2.75) is 13.0 Å². The van der Waals surface area contributed by atoms with Gasteiger partial charge in [-0.1, -0.05) is 0 Å². The quantitative estimate of drug-likeness (QED) is 0.726. The van der Waals surface area contributed by atoms with E-state index in [1.807, 2.05) is 0 Å². The van der Waals surface area contributed by atoms with E-state index in [0.717, 1.165) is 13.0 Å². The first-order valence-corrected chi connectivity index (χ1v) is 8.75. The second-order valence-electron chi connectivity index (χ2n) is 5.25. The summed E-state index contributed by atoms with van der Waals surface area (Å²) in [5.41, 5.74) is 0.361. The fourth-order valence-electron chi connectivity index (χ4n) is 2.56. The molecule has 0 N–H and O–H groups in total. The highest BCUT2D eigenvalue weighted by molar-refractivity contribution is 7.88. The van der Waals surface area contributed by atoms with Gasteiger partial charge < -0.3 is 9.64 Å². The highest BCUT2D eigenvalue weighted by Gasteiger charge is 2.28. The predicted molar refractivity (Wildman–Crippen MR) is 74.7 cm³/mol. The summed E-state index contributed by atoms with van der Waals surface area (Å²) in [5, 5.41) is 4.26. The summed E-state index contributed by atoms with van der Waals surface area (Å²) >= 11 is 0. The SMILES string of the molecule is CS(=O)(=O)N1CCN(C(=O)c2cc3n(n2)CCCO3)CC1. The fraction of sp³-hybridized carbons (Fsp3) is 0.667. The Balaban J connectivity index is 1.68. The Labute approximate surface area is 123 Å². The van der Waals surface area contributed by atoms with Crippen molar-refractivity contribution in [1.29, 1.82) is 0 Å². The fourth-order valence-corrected chi connectivity index (χ4v) is 3.38. The number of carbonyl (C=O) groups excluding carboxylic acids is 1. The summed E-state index contributed by atoms with van der Waals surface area (Å²) in [4.78, 5) is 14.0. The molecule has 116 valence electrons. The molecule has 2 aliphatic heterocycles. The minimum atomic E-state index is -3.19. The Morgan fingerprint density at radius 2 is 1.95 bits per heavy atom. The zero-order chi connectivity index (χ0) is 15.0. The largest absolute Gasteiger partial charge is 0.478 e. The van der Waals surface area contributed by atoms with E-state index in [1.165, 1.54) is 10.6 Å². The van der Waals surface area contributed by atoms with Crippen LogP contribution in [0.3, 0.4) is 0 Å². The number of aryl methyl sites for hydroxylation is 1. The van der Waals surface area contributed by atoms with Gasteiger partial charge >= 0.3 is 0 Å². The molecule has 0 unspecified atom stereocenters. The van der Waals surface area contributed by atoms with Crippen LogP contribution in [0.25, 0.3) is 0 Å². The molecule has 1 saturated heterocycles. The molecule has 3 heterocycles. The molecule has 8 nitrogen and oxygen atoms in total. The smallest absolute Gasteiger partial charge is 0.274 e. The Bertz CT molecular complexity index is 623. The lowest BCUT2D eigenvalue weighted by Crippen LogP contribution is -2.50. The van der Waals surface area contributed by atoms with Crippen LogP contribution < -0.4 is 4.74 Å². The summed E-state index contributed by atoms with van der Waals surface area (Å²) in [6, 6.07) is 1.66. The molecule has 9 heteroatoms. The number of hydrogen-bond acceptors (Lipinski definition) is 5. The van der Waals surface area contributed by atoms with Crippen molar-refractivity contribution in [3.63, 3.8) is 0 Å². The standard InChI is InChI=1S/C12H18N4O4S/c1-21(18,19)15-6-4-14(5-7-15)12(17)10-9-11-16(13-10)3-2-8-20-11/h9H,2-8H2,1H3. The number of piperazine rings is 1. The van der Waals surface area contributed by atoms with E-state index in [0.29, 0.717) is 44.4 Å². The lowest BCUT2D eigenvalue weighted by atomic mass is 10.3. The summed E-state index contributed by atoms with van der Waals surface area (Å²) in [6.45, 7) is 2.82. The Kier molecular flexibility index (Phi) is 3.62. The van der Waals surface area contributed by atoms with Crippen LogP contribution in [0.2, 0.25) is 0 Å². The maximum Gasteiger partial charge on any atom is 0.274 e. The number of amides is 1. The average molecular weight is 314 g/mol. The van der Waals surface area contributed by atoms with E-state index in [2.05, 4.69) is 5.10 Å². The van der Waals surface area contributed by atoms with Gasteiger partial charge in [-0.3, -0.25) is 4.79 Å². The van der Waals surface area contributed by atoms with Gasteiger partial charge in [0.25, 0.3) is 5.91 Å². The number of rotatable bonds is 2. The van der Waals surface area contributed by atoms with E-state index in [9.17, 15) is 13.2 Å². The molecule has 0 aromatic carbocycles. The van der Waals surface area contributed by atoms with Gasteiger partial charge in [-0.25, -0.2) is 13.1 Å². The minimum Gasteiger partial charge on any atom is -0.478 e. The molecule has 0 bridgehead atoms. The number of carbonyl (C=O) groups is 1. The van der Waals surface area contributed by atoms with Crippen LogP contribution in [0, 0.1) is 0 Å². The normalized spacial score (nSPS) is 20.0. The molecule has 21 heavy (non-hydrogen) atoms. The van der Waals surface area contributed by atoms with Crippen molar-refractivity contribution in [3.05, 3.63) is 11.8 Å². The van der Waals surface area contributed by atoms with E-state index in [1.54, 1.807) is 15.6 Å². The maximum atomic E-state index is 12.4. The molecule has 3 rings (SSSR count). The van der Waals surface area contributed by atoms with Crippen molar-refractivity contribution >= 4 is 15.9 Å². The van der Waals surface area contributed by atoms with E-state index in [-0.39, 0.29) is 5.91 Å². The predicted octanol–water partition coefficient (Wildman–Crippen LogP) is -0.617. The van der Waals surface area contributed by atoms with Gasteiger partial charge in [-0.05, 0) is 0 Å². The van der Waals surface area contributed by atoms with Crippen LogP contribution in [-0.4, -0.2) is 72.4 Å². The summed E-state index contributed by atoms with van der Waals surface area (Å²) in [5.74, 6) is 0.452. The summed E-state index contributed by atoms with van der Waals surface area (Å²) < 4.78 is 31.4. The number of hydrogen-bond donors (Lipinski definition) is 0. The van der Waals surface area contributed by atoms with Gasteiger partial charge in [-0.15, -0.1) is 0 Å². The first kappa shape index (κ1) is 14.3. The third-order valence-electron chi connectivity index (χ3n) is 3.72. The zero-order valence-corrected chi connectivity index (χ0v) is 12.7. The lowest BCUT2D eigenvalue weighted by Gasteiger charge is -2.32. The second-order valence-corrected chi connectivity index (χ2v) is 7.23. The number of nitrogens with zero attached hydrogens (tertiary/aromatic N) is 4. The molecular weight excluding hydrogens is 296 g/mol. The maximum absolute atomic E-state index is 12.4. The molecule has 0 radical (unpaired) electrons. The highest BCUT2D eigenvalue weighted by Crippen LogP contribution is 2.20. The first-order chi connectivity index (χ1) is 9.95. The van der Waals surface area contributed by atoms with Gasteiger partial charge in [0.1, 0.15) is 0 Å². The van der Waals surface area contributed by atoms with Crippen LogP contribution >= 0.6 is 0 Å². The Morgan fingerprint density at radius 1 is 1.24 bits per heavy atom. The summed E-state index contributed by atoms with van der Waals surface area (Å²) in [6.07, 6.45) is 2.07. The van der Waals surface area contributed by atoms with Crippen molar-refractivity contribution in [1.82, 2.24) is 19.0 Å². The number of aromatic nitrogens is 2. The number of ether oxygens (including phenoxy) is 1. The van der Waals surface area contributed by atoms with E-state index in [4.69, 9.17) is 4.74 Å². The lowest BCUT2D eigenvalue weighted by molar-refractivity contribution is 0.0691. The van der Waals surface area contributed by atoms with Gasteiger partial charge in [0, 0.05) is 45.2 Å². The summed E-state index contributed by atoms with van der Waals surface area (Å²) in [7, 11) is -3.19. The van der Waals surface area contributed by atoms with Crippen molar-refractivity contribution < 1.29 is 17.9 Å². The molecular formula is C12H18N4O4S. The second kappa shape index (κ2) is 5.30. The minimum absolute atomic E-state index is 0.173. The van der Waals surface area contributed by atoms with Gasteiger partial charge in [0.2, 0.25) is 15.9 Å². The highest BCUT2D eigenvalue weighted by atomic mass is 32.2. The van der Waals surface area contributed by atoms with Crippen molar-refractivity contribution in [3.8, 4) is 5.88 Å². The van der Waals surface area contributed by atoms with Gasteiger partial charge in [-0.2, -0.15) is 9.40 Å². The van der Waals surface area contributed by atoms with Crippen molar-refractivity contribution in [2.24, 2.45) is 0 Å². The van der Waals surface area contributed by atoms with E-state index >= 15 is 0 Å². The molecule has 1 fully saturated rings. The molecule has 2 aliphatic rings. The molecule has 0 spiro atoms. The third kappa shape index (κ3) is 2.88. The first-order valence-electron chi connectivity index (χ1n) is 6.90. The monoisotopic (exact) mass is 314 g/mol. The van der Waals surface area contributed by atoms with Crippen LogP contribution in [0.1, 0.15) is 16.9 Å². The molecule has 0 aliphatic carbocycles. The molecule has 1 aromatic heterocycles. The Morgan fingerprint density at radius 3 is 2.57 bits per heavy atom. The van der Waals surface area contributed by atoms with Gasteiger partial charge in [0.05, 0.1) is 12.9 Å². The molecule has 0 saturated carbocycles. The number of fused-ring (bicyclic) bond motifs is 1. The molecule has 0 atom stereocenters. The zero-order valence-electron chi connectivity index (χ0n) is 11.9. The van der Waals surface area contributed by atoms with Crippen LogP contribution in [0.15, 0.2) is 6.07 Å². The Hall–Kier alpha value is -1.61. The van der Waals surface area contributed by atoms with Crippen LogP contribution in [0.4, 0.5) is 0 Å². The average Bonchev–Trinajstić information content (AvgIpc) is 2.89. The van der Waals surface area contributed by atoms with Gasteiger partial charge in [0.15, 0.2) is 5.69 Å². The third-order valence-corrected chi connectivity index (χ3v) is 5.02. The van der Waals surface area contributed by atoms with E-state index < -0.39 is 10.0 Å².